The number of aryl methyl sites for hydroxylation is 1. The first-order valence-corrected chi connectivity index (χ1v) is 9.63. The first-order chi connectivity index (χ1) is 13.6. The fraction of sp³-hybridized carbons (Fsp3) is 0.400. The molecule has 0 amide bonds. The van der Waals surface area contributed by atoms with Crippen molar-refractivity contribution >= 4 is 11.0 Å². The third-order valence-electron chi connectivity index (χ3n) is 5.40. The van der Waals surface area contributed by atoms with Gasteiger partial charge in [-0.1, -0.05) is 10.1 Å². The lowest BCUT2D eigenvalue weighted by molar-refractivity contribution is -0.589. The lowest BCUT2D eigenvalue weighted by Gasteiger charge is -2.23. The van der Waals surface area contributed by atoms with Gasteiger partial charge in [0.25, 0.3) is 0 Å². The highest BCUT2D eigenvalue weighted by Gasteiger charge is 2.21. The molecule has 1 atom stereocenters. The molecule has 4 heterocycles. The molecule has 0 radical (unpaired) electrons. The van der Waals surface area contributed by atoms with E-state index < -0.39 is 0 Å². The molecule has 5 rings (SSSR count). The van der Waals surface area contributed by atoms with E-state index in [9.17, 15) is 4.39 Å². The summed E-state index contributed by atoms with van der Waals surface area (Å²) in [5.74, 6) is 0.301. The zero-order valence-corrected chi connectivity index (χ0v) is 15.9. The van der Waals surface area contributed by atoms with Crippen LogP contribution in [0.5, 0.6) is 0 Å². The highest BCUT2D eigenvalue weighted by Crippen LogP contribution is 2.29. The SMILES string of the molecule is Cc1cc(-c2nnc3cc(C4CCNCC4)cc(F)c3n2)n[n+]2c1=NC(C)C=2. The molecule has 1 N–H and O–H groups in total. The van der Waals surface area contributed by atoms with Crippen LogP contribution < -0.4 is 15.2 Å². The second kappa shape index (κ2) is 6.63. The summed E-state index contributed by atoms with van der Waals surface area (Å²) in [7, 11) is 0. The van der Waals surface area contributed by atoms with E-state index in [0.29, 0.717) is 23.0 Å². The van der Waals surface area contributed by atoms with Gasteiger partial charge >= 0.3 is 5.49 Å². The minimum Gasteiger partial charge on any atom is -0.317 e. The van der Waals surface area contributed by atoms with Crippen molar-refractivity contribution in [2.45, 2.75) is 38.6 Å². The molecule has 1 saturated heterocycles. The second-order valence-electron chi connectivity index (χ2n) is 7.53. The smallest absolute Gasteiger partial charge is 0.317 e. The molecule has 7 nitrogen and oxygen atoms in total. The number of piperidine rings is 1. The Balaban J connectivity index is 1.59. The third-order valence-corrected chi connectivity index (χ3v) is 5.40. The topological polar surface area (TPSA) is 81.9 Å². The summed E-state index contributed by atoms with van der Waals surface area (Å²) in [4.78, 5) is 8.96. The Kier molecular flexibility index (Phi) is 4.08. The molecule has 2 aliphatic rings. The number of aromatic nitrogens is 5. The predicted molar refractivity (Wildman–Crippen MR) is 101 cm³/mol. The number of fused-ring (bicyclic) bond motifs is 2. The van der Waals surface area contributed by atoms with Crippen molar-refractivity contribution in [2.24, 2.45) is 4.99 Å². The monoisotopic (exact) mass is 378 g/mol. The van der Waals surface area contributed by atoms with Gasteiger partial charge in [-0.15, -0.1) is 14.6 Å². The summed E-state index contributed by atoms with van der Waals surface area (Å²) in [6.45, 7) is 5.87. The van der Waals surface area contributed by atoms with Gasteiger partial charge in [-0.05, 0) is 69.5 Å². The molecule has 0 saturated carbocycles. The number of nitrogens with one attached hydrogen (secondary N) is 1. The predicted octanol–water partition coefficient (Wildman–Crippen LogP) is 1.32. The van der Waals surface area contributed by atoms with E-state index in [4.69, 9.17) is 0 Å². The Morgan fingerprint density at radius 2 is 1.96 bits per heavy atom. The maximum atomic E-state index is 14.9. The maximum Gasteiger partial charge on any atom is 0.346 e. The zero-order valence-electron chi connectivity index (χ0n) is 15.9. The normalized spacial score (nSPS) is 19.3. The summed E-state index contributed by atoms with van der Waals surface area (Å²) in [6.07, 6.45) is 3.92. The van der Waals surface area contributed by atoms with Gasteiger partial charge in [0.15, 0.2) is 17.6 Å². The molecular weight excluding hydrogens is 357 g/mol. The van der Waals surface area contributed by atoms with Crippen LogP contribution in [0.15, 0.2) is 23.2 Å². The zero-order chi connectivity index (χ0) is 19.3. The molecule has 28 heavy (non-hydrogen) atoms. The van der Waals surface area contributed by atoms with Gasteiger partial charge in [-0.2, -0.15) is 0 Å². The van der Waals surface area contributed by atoms with E-state index in [1.165, 1.54) is 0 Å². The van der Waals surface area contributed by atoms with Gasteiger partial charge in [0.1, 0.15) is 17.2 Å². The fourth-order valence-electron chi connectivity index (χ4n) is 3.97. The molecule has 1 unspecified atom stereocenters. The molecule has 0 bridgehead atoms. The molecule has 2 aliphatic heterocycles. The van der Waals surface area contributed by atoms with Crippen molar-refractivity contribution in [3.8, 4) is 11.5 Å². The van der Waals surface area contributed by atoms with Crippen molar-refractivity contribution in [2.75, 3.05) is 13.1 Å². The lowest BCUT2D eigenvalue weighted by Crippen LogP contribution is -2.40. The Morgan fingerprint density at radius 1 is 1.14 bits per heavy atom. The van der Waals surface area contributed by atoms with Gasteiger partial charge in [0.2, 0.25) is 5.82 Å². The van der Waals surface area contributed by atoms with Crippen LogP contribution in [0.3, 0.4) is 0 Å². The van der Waals surface area contributed by atoms with Crippen molar-refractivity contribution in [3.05, 3.63) is 46.8 Å². The third kappa shape index (κ3) is 2.93. The molecule has 1 aromatic carbocycles. The first kappa shape index (κ1) is 17.2. The highest BCUT2D eigenvalue weighted by atomic mass is 19.1. The maximum absolute atomic E-state index is 14.9. The number of halogens is 1. The Hall–Kier alpha value is -2.87. The van der Waals surface area contributed by atoms with Crippen molar-refractivity contribution in [1.29, 1.82) is 0 Å². The summed E-state index contributed by atoms with van der Waals surface area (Å²) >= 11 is 0. The van der Waals surface area contributed by atoms with Crippen LogP contribution >= 0.6 is 0 Å². The van der Waals surface area contributed by atoms with Crippen LogP contribution in [0.1, 0.15) is 36.8 Å². The van der Waals surface area contributed by atoms with Crippen LogP contribution in [0.2, 0.25) is 0 Å². The average Bonchev–Trinajstić information content (AvgIpc) is 3.09. The number of nitrogens with zero attached hydrogens (tertiary/aromatic N) is 6. The molecule has 0 spiro atoms. The van der Waals surface area contributed by atoms with Gasteiger partial charge in [-0.25, -0.2) is 9.37 Å². The van der Waals surface area contributed by atoms with Crippen molar-refractivity contribution < 1.29 is 8.75 Å². The van der Waals surface area contributed by atoms with E-state index in [1.807, 2.05) is 32.2 Å². The lowest BCUT2D eigenvalue weighted by atomic mass is 9.90. The molecule has 2 aromatic heterocycles. The summed E-state index contributed by atoms with van der Waals surface area (Å²) < 4.78 is 16.6. The largest absolute Gasteiger partial charge is 0.346 e. The van der Waals surface area contributed by atoms with E-state index in [0.717, 1.165) is 42.5 Å². The average molecular weight is 378 g/mol. The Labute approximate surface area is 161 Å². The summed E-state index contributed by atoms with van der Waals surface area (Å²) in [5, 5.41) is 16.4. The fourth-order valence-corrected chi connectivity index (χ4v) is 3.97. The van der Waals surface area contributed by atoms with Crippen LogP contribution in [-0.2, 0) is 0 Å². The molecule has 1 fully saturated rings. The van der Waals surface area contributed by atoms with E-state index in [-0.39, 0.29) is 17.4 Å². The number of hydrogen-bond donors (Lipinski definition) is 1. The van der Waals surface area contributed by atoms with Gasteiger partial charge in [-0.3, -0.25) is 0 Å². The molecule has 3 aromatic rings. The molecular formula is C20H21FN7+. The number of benzene rings is 1. The first-order valence-electron chi connectivity index (χ1n) is 9.63. The highest BCUT2D eigenvalue weighted by molar-refractivity contribution is 5.77. The Morgan fingerprint density at radius 3 is 2.79 bits per heavy atom. The Bertz CT molecular complexity index is 1200. The molecule has 142 valence electrons. The second-order valence-corrected chi connectivity index (χ2v) is 7.53. The summed E-state index contributed by atoms with van der Waals surface area (Å²) in [5.41, 5.74) is 4.03. The van der Waals surface area contributed by atoms with Crippen LogP contribution in [0.25, 0.3) is 22.6 Å². The minimum absolute atomic E-state index is 0.0722. The van der Waals surface area contributed by atoms with Crippen LogP contribution in [0, 0.1) is 19.0 Å². The van der Waals surface area contributed by atoms with E-state index >= 15 is 0 Å². The van der Waals surface area contributed by atoms with Gasteiger partial charge in [0, 0.05) is 5.56 Å². The van der Waals surface area contributed by atoms with E-state index in [1.54, 1.807) is 10.4 Å². The van der Waals surface area contributed by atoms with E-state index in [2.05, 4.69) is 30.6 Å². The van der Waals surface area contributed by atoms with Crippen molar-refractivity contribution in [1.82, 2.24) is 25.6 Å². The molecule has 8 heteroatoms. The van der Waals surface area contributed by atoms with Gasteiger partial charge in [0.05, 0.1) is 0 Å². The standard InChI is InChI=1S/C20H21FN7/c1-11-7-17(27-28-10-12(2)23-20(11)28)19-24-18-15(21)8-14(9-16(18)25-26-19)13-3-5-22-6-4-13/h7-10,12-13,22H,3-6H2,1-2H3/q+1. The molecule has 0 aliphatic carbocycles. The van der Waals surface area contributed by atoms with Crippen LogP contribution in [-0.4, -0.2) is 39.4 Å². The quantitative estimate of drug-likeness (QED) is 0.680. The summed E-state index contributed by atoms with van der Waals surface area (Å²) in [6, 6.07) is 5.46. The van der Waals surface area contributed by atoms with Crippen molar-refractivity contribution in [3.63, 3.8) is 0 Å². The number of rotatable bonds is 2. The number of hydrogen-bond acceptors (Lipinski definition) is 6. The minimum atomic E-state index is -0.358. The van der Waals surface area contributed by atoms with Crippen LogP contribution in [0.4, 0.5) is 4.39 Å². The van der Waals surface area contributed by atoms with Gasteiger partial charge < -0.3 is 5.32 Å².